The Morgan fingerprint density at radius 3 is 2.50 bits per heavy atom. The highest BCUT2D eigenvalue weighted by Crippen LogP contribution is 2.26. The van der Waals surface area contributed by atoms with E-state index in [1.807, 2.05) is 66.7 Å². The van der Waals surface area contributed by atoms with Gasteiger partial charge in [-0.15, -0.1) is 0 Å². The maximum atomic E-state index is 12.9. The van der Waals surface area contributed by atoms with Gasteiger partial charge in [0.25, 0.3) is 5.91 Å². The highest BCUT2D eigenvalue weighted by atomic mass is 16.1. The molecule has 0 bridgehead atoms. The number of aromatic amines is 1. The highest BCUT2D eigenvalue weighted by Gasteiger charge is 2.18. The number of para-hydroxylation sites is 2. The third kappa shape index (κ3) is 5.17. The predicted molar refractivity (Wildman–Crippen MR) is 151 cm³/mol. The van der Waals surface area contributed by atoms with Crippen LogP contribution in [0.1, 0.15) is 28.8 Å². The van der Waals surface area contributed by atoms with Gasteiger partial charge < -0.3 is 20.1 Å². The predicted octanol–water partition coefficient (Wildman–Crippen LogP) is 5.23. The number of rotatable bonds is 7. The third-order valence-electron chi connectivity index (χ3n) is 7.13. The minimum absolute atomic E-state index is 0.202. The zero-order valence-corrected chi connectivity index (χ0v) is 21.4. The Morgan fingerprint density at radius 2 is 1.71 bits per heavy atom. The number of hydrogen-bond acceptors (Lipinski definition) is 5. The Morgan fingerprint density at radius 1 is 0.974 bits per heavy atom. The van der Waals surface area contributed by atoms with Crippen molar-refractivity contribution in [2.24, 2.45) is 0 Å². The molecule has 0 atom stereocenters. The second-order valence-corrected chi connectivity index (χ2v) is 9.92. The average molecular weight is 506 g/mol. The van der Waals surface area contributed by atoms with E-state index < -0.39 is 0 Å². The van der Waals surface area contributed by atoms with Crippen LogP contribution in [0.4, 0.5) is 11.5 Å². The lowest BCUT2D eigenvalue weighted by Gasteiger charge is -2.30. The van der Waals surface area contributed by atoms with Crippen LogP contribution in [-0.2, 0) is 6.54 Å². The molecule has 1 amide bonds. The molecular formula is C30H31N7O. The molecule has 3 heterocycles. The van der Waals surface area contributed by atoms with E-state index in [4.69, 9.17) is 4.98 Å². The van der Waals surface area contributed by atoms with Crippen LogP contribution in [0.3, 0.4) is 0 Å². The van der Waals surface area contributed by atoms with Crippen molar-refractivity contribution in [3.8, 4) is 11.5 Å². The van der Waals surface area contributed by atoms with Crippen molar-refractivity contribution >= 4 is 28.4 Å². The first-order chi connectivity index (χ1) is 18.6. The molecule has 38 heavy (non-hydrogen) atoms. The van der Waals surface area contributed by atoms with Gasteiger partial charge in [0.1, 0.15) is 5.69 Å². The quantitative estimate of drug-likeness (QED) is 0.282. The van der Waals surface area contributed by atoms with Gasteiger partial charge in [0.05, 0.1) is 11.0 Å². The molecule has 1 saturated heterocycles. The molecule has 2 aromatic heterocycles. The summed E-state index contributed by atoms with van der Waals surface area (Å²) in [7, 11) is 2.16. The van der Waals surface area contributed by atoms with Crippen LogP contribution in [0.2, 0.25) is 0 Å². The summed E-state index contributed by atoms with van der Waals surface area (Å²) >= 11 is 0. The fraction of sp³-hybridized carbons (Fsp3) is 0.233. The zero-order valence-electron chi connectivity index (χ0n) is 21.4. The van der Waals surface area contributed by atoms with Gasteiger partial charge in [0.2, 0.25) is 0 Å². The van der Waals surface area contributed by atoms with Crippen LogP contribution >= 0.6 is 0 Å². The topological polar surface area (TPSA) is 90.9 Å². The van der Waals surface area contributed by atoms with Crippen molar-refractivity contribution in [1.29, 1.82) is 0 Å². The van der Waals surface area contributed by atoms with E-state index >= 15 is 0 Å². The zero-order chi connectivity index (χ0) is 25.9. The van der Waals surface area contributed by atoms with E-state index in [2.05, 4.69) is 55.5 Å². The van der Waals surface area contributed by atoms with Gasteiger partial charge in [-0.2, -0.15) is 5.10 Å². The summed E-state index contributed by atoms with van der Waals surface area (Å²) in [5.74, 6) is 1.02. The van der Waals surface area contributed by atoms with Gasteiger partial charge in [-0.3, -0.25) is 9.89 Å². The Balaban J connectivity index is 1.17. The summed E-state index contributed by atoms with van der Waals surface area (Å²) in [6.45, 7) is 2.88. The molecule has 0 unspecified atom stereocenters. The van der Waals surface area contributed by atoms with Gasteiger partial charge >= 0.3 is 0 Å². The molecular weight excluding hydrogens is 474 g/mol. The van der Waals surface area contributed by atoms with Gasteiger partial charge in [-0.1, -0.05) is 42.5 Å². The van der Waals surface area contributed by atoms with Crippen LogP contribution in [0.25, 0.3) is 22.6 Å². The second-order valence-electron chi connectivity index (χ2n) is 9.92. The molecule has 0 saturated carbocycles. The fourth-order valence-corrected chi connectivity index (χ4v) is 5.00. The molecule has 3 N–H and O–H groups in total. The number of likely N-dealkylation sites (tertiary alicyclic amines) is 1. The van der Waals surface area contributed by atoms with Crippen molar-refractivity contribution in [3.05, 3.63) is 96.1 Å². The number of nitrogens with one attached hydrogen (secondary N) is 3. The Labute approximate surface area is 221 Å². The minimum Gasteiger partial charge on any atom is -0.382 e. The molecule has 5 aromatic rings. The summed E-state index contributed by atoms with van der Waals surface area (Å²) in [4.78, 5) is 20.1. The Kier molecular flexibility index (Phi) is 6.62. The number of amides is 1. The number of fused-ring (bicyclic) bond motifs is 1. The number of anilines is 2. The van der Waals surface area contributed by atoms with Gasteiger partial charge in [-0.05, 0) is 74.9 Å². The lowest BCUT2D eigenvalue weighted by Crippen LogP contribution is -2.36. The smallest absolute Gasteiger partial charge is 0.256 e. The van der Waals surface area contributed by atoms with Crippen LogP contribution in [0.5, 0.6) is 0 Å². The molecule has 8 heteroatoms. The van der Waals surface area contributed by atoms with Gasteiger partial charge in [-0.25, -0.2) is 4.98 Å². The van der Waals surface area contributed by atoms with E-state index in [0.29, 0.717) is 24.0 Å². The summed E-state index contributed by atoms with van der Waals surface area (Å²) in [5.41, 5.74) is 5.49. The lowest BCUT2D eigenvalue weighted by atomic mass is 10.0. The van der Waals surface area contributed by atoms with Crippen LogP contribution in [0.15, 0.2) is 84.9 Å². The first-order valence-electron chi connectivity index (χ1n) is 13.0. The van der Waals surface area contributed by atoms with E-state index in [9.17, 15) is 4.79 Å². The Hall–Kier alpha value is -4.43. The monoisotopic (exact) mass is 505 g/mol. The largest absolute Gasteiger partial charge is 0.382 e. The Bertz CT molecular complexity index is 1530. The van der Waals surface area contributed by atoms with Crippen LogP contribution in [-0.4, -0.2) is 56.7 Å². The molecule has 0 spiro atoms. The molecule has 0 aliphatic carbocycles. The molecule has 1 aliphatic heterocycles. The van der Waals surface area contributed by atoms with E-state index in [0.717, 1.165) is 54.2 Å². The molecule has 0 radical (unpaired) electrons. The van der Waals surface area contributed by atoms with Crippen molar-refractivity contribution in [2.45, 2.75) is 25.4 Å². The summed E-state index contributed by atoms with van der Waals surface area (Å²) in [6.07, 6.45) is 2.25. The molecule has 192 valence electrons. The number of carbonyl (C=O) groups excluding carboxylic acids is 1. The maximum Gasteiger partial charge on any atom is 0.256 e. The van der Waals surface area contributed by atoms with E-state index in [-0.39, 0.29) is 5.91 Å². The molecule has 1 aliphatic rings. The van der Waals surface area contributed by atoms with E-state index in [1.165, 1.54) is 5.56 Å². The molecule has 1 fully saturated rings. The highest BCUT2D eigenvalue weighted by molar-refractivity contribution is 6.04. The minimum atomic E-state index is -0.202. The van der Waals surface area contributed by atoms with Crippen LogP contribution < -0.4 is 10.6 Å². The lowest BCUT2D eigenvalue weighted by molar-refractivity contribution is 0.102. The summed E-state index contributed by atoms with van der Waals surface area (Å²) in [5, 5.41) is 13.9. The molecule has 6 rings (SSSR count). The summed E-state index contributed by atoms with van der Waals surface area (Å²) < 4.78 is 2.17. The number of benzene rings is 3. The number of nitrogens with zero attached hydrogens (tertiary/aromatic N) is 4. The molecule has 3 aromatic carbocycles. The number of hydrogen-bond donors (Lipinski definition) is 3. The summed E-state index contributed by atoms with van der Waals surface area (Å²) in [6, 6.07) is 28.3. The normalized spacial score (nSPS) is 14.6. The number of H-pyrrole nitrogens is 1. The number of carbonyl (C=O) groups is 1. The second kappa shape index (κ2) is 10.5. The van der Waals surface area contributed by atoms with Gasteiger partial charge in [0.15, 0.2) is 11.6 Å². The van der Waals surface area contributed by atoms with Crippen LogP contribution in [0, 0.1) is 0 Å². The van der Waals surface area contributed by atoms with Gasteiger partial charge in [0, 0.05) is 29.9 Å². The first-order valence-corrected chi connectivity index (χ1v) is 13.0. The van der Waals surface area contributed by atoms with Crippen molar-refractivity contribution < 1.29 is 4.79 Å². The number of piperidine rings is 1. The maximum absolute atomic E-state index is 12.9. The SMILES string of the molecule is CN1CCC(Nc2ccc(C(=O)Nc3cc(-c4nc5ccccc5n4Cc4ccccc4)[nH]n3)cc2)CC1. The number of imidazole rings is 1. The number of aromatic nitrogens is 4. The fourth-order valence-electron chi connectivity index (χ4n) is 5.00. The first kappa shape index (κ1) is 23.9. The van der Waals surface area contributed by atoms with Crippen molar-refractivity contribution in [1.82, 2.24) is 24.6 Å². The standard InChI is InChI=1S/C30H31N7O/c1-36-17-15-24(16-18-36)31-23-13-11-22(12-14-23)30(38)33-28-19-26(34-35-28)29-32-25-9-5-6-10-27(25)37(29)20-21-7-3-2-4-8-21/h2-14,19,24,31H,15-18,20H2,1H3,(H2,33,34,35,38). The van der Waals surface area contributed by atoms with E-state index in [1.54, 1.807) is 0 Å². The van der Waals surface area contributed by atoms with Crippen molar-refractivity contribution in [2.75, 3.05) is 30.8 Å². The van der Waals surface area contributed by atoms with Crippen molar-refractivity contribution in [3.63, 3.8) is 0 Å². The average Bonchev–Trinajstić information content (AvgIpc) is 3.55. The molecule has 8 nitrogen and oxygen atoms in total. The third-order valence-corrected chi connectivity index (χ3v) is 7.13.